The molecular weight excluding hydrogens is 558 g/mol. The van der Waals surface area contributed by atoms with Gasteiger partial charge in [0.15, 0.2) is 0 Å². The third kappa shape index (κ3) is 14.7. The number of aliphatic carboxylic acids is 3. The van der Waals surface area contributed by atoms with E-state index in [0.29, 0.717) is 32.6 Å². The third-order valence-corrected chi connectivity index (χ3v) is 8.12. The molecule has 1 saturated heterocycles. The lowest BCUT2D eigenvalue weighted by Crippen LogP contribution is -2.50. The minimum Gasteiger partial charge on any atom is -0.480 e. The second kappa shape index (κ2) is 17.3. The van der Waals surface area contributed by atoms with E-state index in [9.17, 15) is 43.2 Å². The van der Waals surface area contributed by atoms with Gasteiger partial charge in [0.2, 0.25) is 10.0 Å². The number of aliphatic hydroxyl groups excluding tert-OH is 1. The summed E-state index contributed by atoms with van der Waals surface area (Å²) in [6.45, 7) is 1.88. The highest BCUT2D eigenvalue weighted by molar-refractivity contribution is 7.88. The van der Waals surface area contributed by atoms with Gasteiger partial charge in [0, 0.05) is 72.0 Å². The molecule has 0 radical (unpaired) electrons. The van der Waals surface area contributed by atoms with Gasteiger partial charge in [0.05, 0.1) is 32.0 Å². The monoisotopic (exact) mass is 601 g/mol. The van der Waals surface area contributed by atoms with E-state index in [1.165, 1.54) is 4.31 Å². The zero-order valence-corrected chi connectivity index (χ0v) is 24.4. The number of carboxylic acid groups (broad SMARTS) is 3. The average Bonchev–Trinajstić information content (AvgIpc) is 2.87. The number of sulfonamides is 1. The highest BCUT2D eigenvalue weighted by Gasteiger charge is 2.24. The maximum Gasteiger partial charge on any atom is 0.317 e. The Morgan fingerprint density at radius 1 is 0.756 bits per heavy atom. The molecule has 0 amide bonds. The van der Waals surface area contributed by atoms with Crippen LogP contribution in [0.15, 0.2) is 30.3 Å². The van der Waals surface area contributed by atoms with Crippen molar-refractivity contribution < 1.29 is 43.2 Å². The molecule has 15 heteroatoms. The molecule has 0 saturated carbocycles. The topological polar surface area (TPSA) is 182 Å². The Bertz CT molecular complexity index is 1040. The quantitative estimate of drug-likeness (QED) is 0.190. The minimum atomic E-state index is -3.60. The molecule has 0 aromatic heterocycles. The van der Waals surface area contributed by atoms with Gasteiger partial charge in [-0.15, -0.1) is 0 Å². The number of rotatable bonds is 14. The minimum absolute atomic E-state index is 0.102. The van der Waals surface area contributed by atoms with Crippen molar-refractivity contribution in [1.29, 1.82) is 0 Å². The van der Waals surface area contributed by atoms with Crippen molar-refractivity contribution in [1.82, 2.24) is 23.9 Å². The van der Waals surface area contributed by atoms with E-state index < -0.39 is 34.0 Å². The number of aliphatic hydroxyl groups is 1. The number of nitrogens with zero attached hydrogens (tertiary/aromatic N) is 5. The first-order chi connectivity index (χ1) is 19.3. The molecule has 0 aliphatic carbocycles. The summed E-state index contributed by atoms with van der Waals surface area (Å²) in [7, 11) is -3.60. The summed E-state index contributed by atoms with van der Waals surface area (Å²) in [5.41, 5.74) is 0.970. The fourth-order valence-electron chi connectivity index (χ4n) is 4.69. The van der Waals surface area contributed by atoms with Gasteiger partial charge in [0.1, 0.15) is 0 Å². The fraction of sp³-hybridized carbons (Fsp3) is 0.654. The molecule has 4 N–H and O–H groups in total. The lowest BCUT2D eigenvalue weighted by atomic mass is 10.1. The molecule has 1 atom stereocenters. The number of hydrogen-bond acceptors (Lipinski definition) is 10. The molecule has 1 unspecified atom stereocenters. The zero-order valence-electron chi connectivity index (χ0n) is 23.5. The molecule has 1 heterocycles. The molecule has 232 valence electrons. The van der Waals surface area contributed by atoms with Crippen molar-refractivity contribution in [2.75, 3.05) is 97.9 Å². The van der Waals surface area contributed by atoms with Gasteiger partial charge >= 0.3 is 17.9 Å². The Morgan fingerprint density at radius 2 is 1.15 bits per heavy atom. The van der Waals surface area contributed by atoms with E-state index >= 15 is 0 Å². The van der Waals surface area contributed by atoms with Crippen LogP contribution in [-0.2, 0) is 30.8 Å². The van der Waals surface area contributed by atoms with Crippen molar-refractivity contribution in [3.8, 4) is 0 Å². The number of β-amino-alcohol motifs (C(OH)–C–C–N with tert-alkyl or cyclic N) is 1. The SMILES string of the molecule is CS(=O)(=O)N(CCc1ccccc1)CC(O)CN1CCN(CC(=O)O)CCN(CC(=O)O)CCN(CC(=O)O)CC1. The summed E-state index contributed by atoms with van der Waals surface area (Å²) in [5.74, 6) is -3.08. The summed E-state index contributed by atoms with van der Waals surface area (Å²) < 4.78 is 26.2. The van der Waals surface area contributed by atoms with Crippen LogP contribution in [0.5, 0.6) is 0 Å². The van der Waals surface area contributed by atoms with Crippen LogP contribution < -0.4 is 0 Å². The predicted molar refractivity (Wildman–Crippen MR) is 151 cm³/mol. The second-order valence-electron chi connectivity index (χ2n) is 10.3. The van der Waals surface area contributed by atoms with Gasteiger partial charge in [-0.05, 0) is 12.0 Å². The molecule has 0 bridgehead atoms. The highest BCUT2D eigenvalue weighted by Crippen LogP contribution is 2.08. The van der Waals surface area contributed by atoms with E-state index in [-0.39, 0.29) is 65.4 Å². The van der Waals surface area contributed by atoms with Crippen LogP contribution >= 0.6 is 0 Å². The molecule has 1 aliphatic rings. The van der Waals surface area contributed by atoms with Crippen LogP contribution in [0.4, 0.5) is 0 Å². The van der Waals surface area contributed by atoms with E-state index in [2.05, 4.69) is 0 Å². The maximum absolute atomic E-state index is 12.5. The van der Waals surface area contributed by atoms with E-state index in [0.717, 1.165) is 11.8 Å². The number of benzene rings is 1. The fourth-order valence-corrected chi connectivity index (χ4v) is 5.56. The Labute approximate surface area is 241 Å². The van der Waals surface area contributed by atoms with Crippen LogP contribution in [0, 0.1) is 0 Å². The van der Waals surface area contributed by atoms with Crippen molar-refractivity contribution in [2.24, 2.45) is 0 Å². The Morgan fingerprint density at radius 3 is 1.51 bits per heavy atom. The van der Waals surface area contributed by atoms with Crippen LogP contribution in [0.3, 0.4) is 0 Å². The molecule has 0 spiro atoms. The third-order valence-electron chi connectivity index (χ3n) is 6.85. The lowest BCUT2D eigenvalue weighted by molar-refractivity contribution is -0.140. The van der Waals surface area contributed by atoms with Crippen molar-refractivity contribution >= 4 is 27.9 Å². The molecule has 14 nitrogen and oxygen atoms in total. The van der Waals surface area contributed by atoms with Gasteiger partial charge in [0.25, 0.3) is 0 Å². The van der Waals surface area contributed by atoms with E-state index in [1.807, 2.05) is 35.2 Å². The number of carboxylic acids is 3. The summed E-state index contributed by atoms with van der Waals surface area (Å²) in [6, 6.07) is 9.42. The number of carbonyl (C=O) groups is 3. The molecule has 1 aliphatic heterocycles. The Kier molecular flexibility index (Phi) is 14.6. The molecule has 2 rings (SSSR count). The second-order valence-corrected chi connectivity index (χ2v) is 12.3. The highest BCUT2D eigenvalue weighted by atomic mass is 32.2. The Hall–Kier alpha value is -2.66. The van der Waals surface area contributed by atoms with E-state index in [4.69, 9.17) is 0 Å². The molecule has 1 aromatic carbocycles. The molecule has 1 aromatic rings. The van der Waals surface area contributed by atoms with Crippen LogP contribution in [0.25, 0.3) is 0 Å². The van der Waals surface area contributed by atoms with Crippen LogP contribution in [0.2, 0.25) is 0 Å². The van der Waals surface area contributed by atoms with Crippen LogP contribution in [-0.4, -0.2) is 175 Å². The first-order valence-electron chi connectivity index (χ1n) is 13.5. The molecule has 41 heavy (non-hydrogen) atoms. The van der Waals surface area contributed by atoms with Gasteiger partial charge < -0.3 is 20.4 Å². The summed E-state index contributed by atoms with van der Waals surface area (Å²) >= 11 is 0. The maximum atomic E-state index is 12.5. The summed E-state index contributed by atoms with van der Waals surface area (Å²) in [5, 5.41) is 39.0. The predicted octanol–water partition coefficient (Wildman–Crippen LogP) is -1.67. The van der Waals surface area contributed by atoms with Gasteiger partial charge in [-0.1, -0.05) is 30.3 Å². The summed E-state index contributed by atoms with van der Waals surface area (Å²) in [4.78, 5) is 41.2. The van der Waals surface area contributed by atoms with E-state index in [1.54, 1.807) is 14.7 Å². The van der Waals surface area contributed by atoms with Crippen molar-refractivity contribution in [2.45, 2.75) is 12.5 Å². The van der Waals surface area contributed by atoms with Gasteiger partial charge in [-0.2, -0.15) is 4.31 Å². The van der Waals surface area contributed by atoms with Crippen LogP contribution in [0.1, 0.15) is 5.56 Å². The molecular formula is C26H43N5O9S. The van der Waals surface area contributed by atoms with Crippen molar-refractivity contribution in [3.63, 3.8) is 0 Å². The standard InChI is InChI=1S/C26H43N5O9S/c1-41(39,40)31(8-7-22-5-3-2-4-6-22)18-23(32)17-27-9-11-28(19-24(33)34)13-15-30(21-26(37)38)16-14-29(12-10-27)20-25(35)36/h2-6,23,32H,7-21H2,1H3,(H,33,34)(H,35,36)(H,37,38). The molecule has 1 fully saturated rings. The first-order valence-corrected chi connectivity index (χ1v) is 15.4. The van der Waals surface area contributed by atoms with Gasteiger partial charge in [-0.25, -0.2) is 8.42 Å². The van der Waals surface area contributed by atoms with Gasteiger partial charge in [-0.3, -0.25) is 34.0 Å². The number of hydrogen-bond donors (Lipinski definition) is 4. The zero-order chi connectivity index (χ0) is 30.4. The average molecular weight is 602 g/mol. The first kappa shape index (κ1) is 34.5. The normalized spacial score (nSPS) is 18.4. The Balaban J connectivity index is 2.13. The smallest absolute Gasteiger partial charge is 0.317 e. The summed E-state index contributed by atoms with van der Waals surface area (Å²) in [6.07, 6.45) is 0.542. The largest absolute Gasteiger partial charge is 0.480 e. The van der Waals surface area contributed by atoms with Crippen molar-refractivity contribution in [3.05, 3.63) is 35.9 Å². The lowest BCUT2D eigenvalue weighted by Gasteiger charge is -2.34.